The summed E-state index contributed by atoms with van der Waals surface area (Å²) in [5.41, 5.74) is 0.841. The molecule has 1 aromatic carbocycles. The first-order chi connectivity index (χ1) is 13.4. The van der Waals surface area contributed by atoms with Crippen molar-refractivity contribution in [2.75, 3.05) is 39.8 Å². The van der Waals surface area contributed by atoms with E-state index in [1.54, 1.807) is 22.3 Å². The van der Waals surface area contributed by atoms with Crippen molar-refractivity contribution >= 4 is 33.3 Å². The molecule has 0 aliphatic carbocycles. The normalized spacial score (nSPS) is 16.1. The highest BCUT2D eigenvalue weighted by atomic mass is 32.2. The van der Waals surface area contributed by atoms with Crippen LogP contribution in [0.3, 0.4) is 0 Å². The molecule has 3 rings (SSSR count). The number of hydrogen-bond acceptors (Lipinski definition) is 5. The molecule has 28 heavy (non-hydrogen) atoms. The molecule has 0 spiro atoms. The van der Waals surface area contributed by atoms with E-state index < -0.39 is 10.0 Å². The third-order valence-electron chi connectivity index (χ3n) is 4.59. The zero-order valence-electron chi connectivity index (χ0n) is 15.9. The predicted octanol–water partition coefficient (Wildman–Crippen LogP) is 2.32. The second kappa shape index (κ2) is 9.47. The first-order valence-electron chi connectivity index (χ1n) is 9.16. The SMILES string of the molecule is CN(CC(=O)N1CCN(S(=O)(=O)/C=C/c2ccccc2)CC1)Cc1cccs1. The van der Waals surface area contributed by atoms with Crippen LogP contribution in [0.25, 0.3) is 6.08 Å². The fraction of sp³-hybridized carbons (Fsp3) is 0.350. The van der Waals surface area contributed by atoms with E-state index in [0.29, 0.717) is 32.7 Å². The first kappa shape index (κ1) is 20.7. The fourth-order valence-corrected chi connectivity index (χ4v) is 5.02. The molecular weight excluding hydrogens is 394 g/mol. The Morgan fingerprint density at radius 1 is 1.11 bits per heavy atom. The van der Waals surface area contributed by atoms with Gasteiger partial charge in [0.15, 0.2) is 0 Å². The molecule has 1 aliphatic heterocycles. The predicted molar refractivity (Wildman–Crippen MR) is 113 cm³/mol. The number of sulfonamides is 1. The molecule has 0 unspecified atom stereocenters. The molecule has 1 aliphatic rings. The van der Waals surface area contributed by atoms with Crippen LogP contribution in [0.2, 0.25) is 0 Å². The number of rotatable bonds is 7. The Labute approximate surface area is 170 Å². The van der Waals surface area contributed by atoms with Crippen molar-refractivity contribution in [1.29, 1.82) is 0 Å². The minimum absolute atomic E-state index is 0.0379. The van der Waals surface area contributed by atoms with Gasteiger partial charge < -0.3 is 4.90 Å². The molecule has 2 aromatic rings. The van der Waals surface area contributed by atoms with E-state index in [4.69, 9.17) is 0 Å². The monoisotopic (exact) mass is 419 g/mol. The molecule has 0 saturated carbocycles. The minimum Gasteiger partial charge on any atom is -0.339 e. The van der Waals surface area contributed by atoms with Gasteiger partial charge in [-0.25, -0.2) is 8.42 Å². The number of benzene rings is 1. The van der Waals surface area contributed by atoms with Crippen LogP contribution in [0.15, 0.2) is 53.3 Å². The second-order valence-electron chi connectivity index (χ2n) is 6.79. The van der Waals surface area contributed by atoms with E-state index in [-0.39, 0.29) is 5.91 Å². The van der Waals surface area contributed by atoms with Crippen LogP contribution in [0.5, 0.6) is 0 Å². The van der Waals surface area contributed by atoms with Crippen molar-refractivity contribution in [3.63, 3.8) is 0 Å². The van der Waals surface area contributed by atoms with Crippen molar-refractivity contribution < 1.29 is 13.2 Å². The van der Waals surface area contributed by atoms with E-state index in [1.807, 2.05) is 53.7 Å². The number of carbonyl (C=O) groups excluding carboxylic acids is 1. The number of thiophene rings is 1. The first-order valence-corrected chi connectivity index (χ1v) is 11.5. The zero-order chi connectivity index (χ0) is 20.0. The molecule has 0 radical (unpaired) electrons. The van der Waals surface area contributed by atoms with Crippen LogP contribution in [-0.2, 0) is 21.4 Å². The molecular formula is C20H25N3O3S2. The van der Waals surface area contributed by atoms with Gasteiger partial charge in [0, 0.05) is 43.0 Å². The minimum atomic E-state index is -3.48. The molecule has 8 heteroatoms. The van der Waals surface area contributed by atoms with E-state index >= 15 is 0 Å². The fourth-order valence-electron chi connectivity index (χ4n) is 3.06. The Hall–Kier alpha value is -2.00. The Morgan fingerprint density at radius 2 is 1.82 bits per heavy atom. The van der Waals surface area contributed by atoms with Gasteiger partial charge in [-0.1, -0.05) is 36.4 Å². The summed E-state index contributed by atoms with van der Waals surface area (Å²) in [6.07, 6.45) is 1.60. The molecule has 150 valence electrons. The molecule has 1 aromatic heterocycles. The van der Waals surface area contributed by atoms with E-state index in [0.717, 1.165) is 12.1 Å². The van der Waals surface area contributed by atoms with Crippen LogP contribution < -0.4 is 0 Å². The highest BCUT2D eigenvalue weighted by Gasteiger charge is 2.27. The van der Waals surface area contributed by atoms with Gasteiger partial charge in [-0.3, -0.25) is 9.69 Å². The second-order valence-corrected chi connectivity index (χ2v) is 9.64. The number of piperazine rings is 1. The third-order valence-corrected chi connectivity index (χ3v) is 7.02. The van der Waals surface area contributed by atoms with Crippen molar-refractivity contribution in [3.05, 3.63) is 63.7 Å². The van der Waals surface area contributed by atoms with Crippen LogP contribution in [0.4, 0.5) is 0 Å². The van der Waals surface area contributed by atoms with Gasteiger partial charge >= 0.3 is 0 Å². The Kier molecular flexibility index (Phi) is 7.01. The van der Waals surface area contributed by atoms with Gasteiger partial charge in [0.25, 0.3) is 0 Å². The summed E-state index contributed by atoms with van der Waals surface area (Å²) in [7, 11) is -1.56. The smallest absolute Gasteiger partial charge is 0.236 e. The summed E-state index contributed by atoms with van der Waals surface area (Å²) in [5, 5.41) is 3.27. The van der Waals surface area contributed by atoms with Crippen LogP contribution >= 0.6 is 11.3 Å². The van der Waals surface area contributed by atoms with Gasteiger partial charge in [-0.15, -0.1) is 11.3 Å². The van der Waals surface area contributed by atoms with Gasteiger partial charge in [0.2, 0.25) is 15.9 Å². The summed E-state index contributed by atoms with van der Waals surface area (Å²) >= 11 is 1.67. The molecule has 0 atom stereocenters. The number of likely N-dealkylation sites (N-methyl/N-ethyl adjacent to an activating group) is 1. The Balaban J connectivity index is 1.49. The largest absolute Gasteiger partial charge is 0.339 e. The van der Waals surface area contributed by atoms with Gasteiger partial charge in [-0.05, 0) is 30.1 Å². The molecule has 1 fully saturated rings. The lowest BCUT2D eigenvalue weighted by molar-refractivity contribution is -0.133. The van der Waals surface area contributed by atoms with Crippen LogP contribution in [0, 0.1) is 0 Å². The average Bonchev–Trinajstić information content (AvgIpc) is 3.20. The number of nitrogens with zero attached hydrogens (tertiary/aromatic N) is 3. The highest BCUT2D eigenvalue weighted by molar-refractivity contribution is 7.92. The van der Waals surface area contributed by atoms with Gasteiger partial charge in [0.1, 0.15) is 0 Å². The number of hydrogen-bond donors (Lipinski definition) is 0. The van der Waals surface area contributed by atoms with Crippen molar-refractivity contribution in [1.82, 2.24) is 14.1 Å². The molecule has 0 N–H and O–H groups in total. The number of amides is 1. The maximum absolute atomic E-state index is 12.5. The van der Waals surface area contributed by atoms with Crippen molar-refractivity contribution in [3.8, 4) is 0 Å². The van der Waals surface area contributed by atoms with Gasteiger partial charge in [0.05, 0.1) is 6.54 Å². The summed E-state index contributed by atoms with van der Waals surface area (Å²) < 4.78 is 26.5. The summed E-state index contributed by atoms with van der Waals surface area (Å²) in [4.78, 5) is 17.5. The molecule has 1 amide bonds. The summed E-state index contributed by atoms with van der Waals surface area (Å²) in [6, 6.07) is 13.4. The Bertz CT molecular complexity index is 888. The third kappa shape index (κ3) is 5.75. The van der Waals surface area contributed by atoms with Crippen LogP contribution in [-0.4, -0.2) is 68.2 Å². The maximum atomic E-state index is 12.5. The average molecular weight is 420 g/mol. The topological polar surface area (TPSA) is 60.9 Å². The molecule has 0 bridgehead atoms. The van der Waals surface area contributed by atoms with Crippen molar-refractivity contribution in [2.45, 2.75) is 6.54 Å². The number of carbonyl (C=O) groups is 1. The van der Waals surface area contributed by atoms with E-state index in [9.17, 15) is 13.2 Å². The van der Waals surface area contributed by atoms with E-state index in [2.05, 4.69) is 6.07 Å². The molecule has 6 nitrogen and oxygen atoms in total. The van der Waals surface area contributed by atoms with Crippen LogP contribution in [0.1, 0.15) is 10.4 Å². The highest BCUT2D eigenvalue weighted by Crippen LogP contribution is 2.13. The lowest BCUT2D eigenvalue weighted by Gasteiger charge is -2.34. The zero-order valence-corrected chi connectivity index (χ0v) is 17.5. The van der Waals surface area contributed by atoms with Crippen molar-refractivity contribution in [2.24, 2.45) is 0 Å². The Morgan fingerprint density at radius 3 is 2.46 bits per heavy atom. The quantitative estimate of drug-likeness (QED) is 0.691. The molecule has 1 saturated heterocycles. The lowest BCUT2D eigenvalue weighted by Crippen LogP contribution is -2.51. The van der Waals surface area contributed by atoms with E-state index in [1.165, 1.54) is 14.6 Å². The standard InChI is InChI=1S/C20H25N3O3S2/c1-21(16-19-8-5-14-27-19)17-20(24)22-10-12-23(13-11-22)28(25,26)15-9-18-6-3-2-4-7-18/h2-9,14-15H,10-13,16-17H2,1H3/b15-9+. The summed E-state index contributed by atoms with van der Waals surface area (Å²) in [6.45, 7) is 2.55. The summed E-state index contributed by atoms with van der Waals surface area (Å²) in [5.74, 6) is 0.0379. The molecule has 2 heterocycles. The maximum Gasteiger partial charge on any atom is 0.236 e. The van der Waals surface area contributed by atoms with Gasteiger partial charge in [-0.2, -0.15) is 4.31 Å². The lowest BCUT2D eigenvalue weighted by atomic mass is 10.2.